The summed E-state index contributed by atoms with van der Waals surface area (Å²) in [7, 11) is 1.77. The zero-order valence-corrected chi connectivity index (χ0v) is 16.1. The number of hydrogen-bond acceptors (Lipinski definition) is 4. The molecule has 1 fully saturated rings. The molecule has 1 aliphatic rings. The van der Waals surface area contributed by atoms with E-state index in [0.29, 0.717) is 30.8 Å². The van der Waals surface area contributed by atoms with Crippen LogP contribution in [0, 0.1) is 0 Å². The summed E-state index contributed by atoms with van der Waals surface area (Å²) in [6.07, 6.45) is 5.03. The molecule has 0 unspecified atom stereocenters. The Labute approximate surface area is 163 Å². The van der Waals surface area contributed by atoms with Crippen molar-refractivity contribution in [3.63, 3.8) is 0 Å². The summed E-state index contributed by atoms with van der Waals surface area (Å²) >= 11 is 0. The molecule has 1 saturated heterocycles. The van der Waals surface area contributed by atoms with Crippen molar-refractivity contribution >= 4 is 23.4 Å². The van der Waals surface area contributed by atoms with Gasteiger partial charge in [0.05, 0.1) is 18.2 Å². The highest BCUT2D eigenvalue weighted by Crippen LogP contribution is 2.15. The topological polar surface area (TPSA) is 96.3 Å². The van der Waals surface area contributed by atoms with Crippen LogP contribution in [0.2, 0.25) is 0 Å². The van der Waals surface area contributed by atoms with E-state index in [2.05, 4.69) is 15.7 Å². The Balaban J connectivity index is 1.45. The standard InChI is InChI=1S/C20H25N5O3/c1-14(26)22-17-5-3-15(4-6-17)11-19(27)25-9-7-18(8-10-25)23-20(28)16-12-21-24(2)13-16/h3-6,12-13,18H,7-11H2,1-2H3,(H,22,26)(H,23,28). The predicted molar refractivity (Wildman–Crippen MR) is 105 cm³/mol. The number of hydrogen-bond donors (Lipinski definition) is 2. The molecule has 8 nitrogen and oxygen atoms in total. The molecule has 0 aliphatic carbocycles. The van der Waals surface area contributed by atoms with Gasteiger partial charge in [-0.1, -0.05) is 12.1 Å². The second-order valence-electron chi connectivity index (χ2n) is 7.09. The zero-order valence-electron chi connectivity index (χ0n) is 16.1. The Morgan fingerprint density at radius 1 is 1.14 bits per heavy atom. The number of likely N-dealkylation sites (tertiary alicyclic amines) is 1. The average Bonchev–Trinajstić information content (AvgIpc) is 3.10. The summed E-state index contributed by atoms with van der Waals surface area (Å²) < 4.78 is 1.60. The molecular weight excluding hydrogens is 358 g/mol. The Hall–Kier alpha value is -3.16. The lowest BCUT2D eigenvalue weighted by Gasteiger charge is -2.32. The third-order valence-corrected chi connectivity index (χ3v) is 4.78. The third-order valence-electron chi connectivity index (χ3n) is 4.78. The van der Waals surface area contributed by atoms with Gasteiger partial charge in [0, 0.05) is 45.0 Å². The van der Waals surface area contributed by atoms with Gasteiger partial charge in [-0.25, -0.2) is 0 Å². The van der Waals surface area contributed by atoms with E-state index in [4.69, 9.17) is 0 Å². The van der Waals surface area contributed by atoms with Gasteiger partial charge in [-0.2, -0.15) is 5.10 Å². The number of nitrogens with zero attached hydrogens (tertiary/aromatic N) is 3. The Morgan fingerprint density at radius 3 is 2.39 bits per heavy atom. The highest BCUT2D eigenvalue weighted by molar-refractivity contribution is 5.93. The molecule has 1 aromatic heterocycles. The third kappa shape index (κ3) is 5.18. The molecule has 2 N–H and O–H groups in total. The molecule has 3 amide bonds. The number of carbonyl (C=O) groups is 3. The van der Waals surface area contributed by atoms with Gasteiger partial charge in [-0.3, -0.25) is 19.1 Å². The maximum absolute atomic E-state index is 12.5. The van der Waals surface area contributed by atoms with Crippen LogP contribution < -0.4 is 10.6 Å². The Kier molecular flexibility index (Phi) is 6.08. The van der Waals surface area contributed by atoms with Gasteiger partial charge in [0.15, 0.2) is 0 Å². The van der Waals surface area contributed by atoms with Crippen molar-refractivity contribution in [3.05, 3.63) is 47.8 Å². The van der Waals surface area contributed by atoms with Crippen LogP contribution in [0.1, 0.15) is 35.7 Å². The molecule has 0 bridgehead atoms. The first-order valence-electron chi connectivity index (χ1n) is 9.34. The number of amides is 3. The number of nitrogens with one attached hydrogen (secondary N) is 2. The van der Waals surface area contributed by atoms with Crippen molar-refractivity contribution in [2.45, 2.75) is 32.2 Å². The first-order valence-corrected chi connectivity index (χ1v) is 9.34. The number of aromatic nitrogens is 2. The number of piperidine rings is 1. The molecule has 0 atom stereocenters. The summed E-state index contributed by atoms with van der Waals surface area (Å²) in [5.74, 6) is -0.177. The highest BCUT2D eigenvalue weighted by atomic mass is 16.2. The van der Waals surface area contributed by atoms with Crippen LogP contribution in [0.5, 0.6) is 0 Å². The monoisotopic (exact) mass is 383 g/mol. The van der Waals surface area contributed by atoms with Crippen molar-refractivity contribution in [2.24, 2.45) is 7.05 Å². The van der Waals surface area contributed by atoms with Gasteiger partial charge in [0.25, 0.3) is 5.91 Å². The van der Waals surface area contributed by atoms with Gasteiger partial charge in [0.2, 0.25) is 11.8 Å². The van der Waals surface area contributed by atoms with Crippen LogP contribution in [0.25, 0.3) is 0 Å². The number of carbonyl (C=O) groups excluding carboxylic acids is 3. The number of rotatable bonds is 5. The highest BCUT2D eigenvalue weighted by Gasteiger charge is 2.24. The van der Waals surface area contributed by atoms with E-state index in [1.807, 2.05) is 17.0 Å². The number of aryl methyl sites for hydroxylation is 1. The molecule has 28 heavy (non-hydrogen) atoms. The van der Waals surface area contributed by atoms with Crippen molar-refractivity contribution in [2.75, 3.05) is 18.4 Å². The number of anilines is 1. The lowest BCUT2D eigenvalue weighted by molar-refractivity contribution is -0.131. The van der Waals surface area contributed by atoms with Crippen LogP contribution in [-0.2, 0) is 23.1 Å². The lowest BCUT2D eigenvalue weighted by atomic mass is 10.0. The number of benzene rings is 1. The smallest absolute Gasteiger partial charge is 0.254 e. The largest absolute Gasteiger partial charge is 0.349 e. The zero-order chi connectivity index (χ0) is 20.1. The van der Waals surface area contributed by atoms with Crippen LogP contribution >= 0.6 is 0 Å². The van der Waals surface area contributed by atoms with Crippen LogP contribution in [-0.4, -0.2) is 51.5 Å². The summed E-state index contributed by atoms with van der Waals surface area (Å²) in [5.41, 5.74) is 2.17. The first-order chi connectivity index (χ1) is 13.4. The molecule has 2 aromatic rings. The Morgan fingerprint density at radius 2 is 1.82 bits per heavy atom. The van der Waals surface area contributed by atoms with E-state index in [-0.39, 0.29) is 23.8 Å². The fourth-order valence-electron chi connectivity index (χ4n) is 3.28. The van der Waals surface area contributed by atoms with Gasteiger partial charge in [0.1, 0.15) is 0 Å². The summed E-state index contributed by atoms with van der Waals surface area (Å²) in [5, 5.41) is 9.73. The minimum absolute atomic E-state index is 0.0636. The molecule has 0 saturated carbocycles. The van der Waals surface area contributed by atoms with E-state index >= 15 is 0 Å². The molecule has 0 spiro atoms. The molecule has 1 aromatic carbocycles. The summed E-state index contributed by atoms with van der Waals surface area (Å²) in [4.78, 5) is 37.6. The molecule has 8 heteroatoms. The minimum Gasteiger partial charge on any atom is -0.349 e. The van der Waals surface area contributed by atoms with Gasteiger partial charge in [-0.05, 0) is 30.5 Å². The van der Waals surface area contributed by atoms with Crippen molar-refractivity contribution in [1.29, 1.82) is 0 Å². The average molecular weight is 383 g/mol. The maximum atomic E-state index is 12.5. The first kappa shape index (κ1) is 19.6. The van der Waals surface area contributed by atoms with Crippen LogP contribution in [0.15, 0.2) is 36.7 Å². The van der Waals surface area contributed by atoms with E-state index in [0.717, 1.165) is 18.4 Å². The van der Waals surface area contributed by atoms with Gasteiger partial charge in [-0.15, -0.1) is 0 Å². The molecule has 2 heterocycles. The van der Waals surface area contributed by atoms with Crippen LogP contribution in [0.3, 0.4) is 0 Å². The predicted octanol–water partition coefficient (Wildman–Crippen LogP) is 1.34. The SMILES string of the molecule is CC(=O)Nc1ccc(CC(=O)N2CCC(NC(=O)c3cnn(C)c3)CC2)cc1. The fraction of sp³-hybridized carbons (Fsp3) is 0.400. The molecule has 1 aliphatic heterocycles. The summed E-state index contributed by atoms with van der Waals surface area (Å²) in [6, 6.07) is 7.36. The quantitative estimate of drug-likeness (QED) is 0.814. The van der Waals surface area contributed by atoms with E-state index in [1.165, 1.54) is 6.92 Å². The second kappa shape index (κ2) is 8.69. The molecular formula is C20H25N5O3. The second-order valence-corrected chi connectivity index (χ2v) is 7.09. The normalized spacial score (nSPS) is 14.6. The van der Waals surface area contributed by atoms with Crippen molar-refractivity contribution in [3.8, 4) is 0 Å². The fourth-order valence-corrected chi connectivity index (χ4v) is 3.28. The van der Waals surface area contributed by atoms with Crippen molar-refractivity contribution in [1.82, 2.24) is 20.0 Å². The van der Waals surface area contributed by atoms with Crippen molar-refractivity contribution < 1.29 is 14.4 Å². The summed E-state index contributed by atoms with van der Waals surface area (Å²) in [6.45, 7) is 2.71. The lowest BCUT2D eigenvalue weighted by Crippen LogP contribution is -2.46. The maximum Gasteiger partial charge on any atom is 0.254 e. The molecule has 148 valence electrons. The van der Waals surface area contributed by atoms with E-state index < -0.39 is 0 Å². The molecule has 3 rings (SSSR count). The molecule has 0 radical (unpaired) electrons. The van der Waals surface area contributed by atoms with Gasteiger partial charge >= 0.3 is 0 Å². The Bertz CT molecular complexity index is 851. The van der Waals surface area contributed by atoms with Crippen LogP contribution in [0.4, 0.5) is 5.69 Å². The van der Waals surface area contributed by atoms with E-state index in [1.54, 1.807) is 36.3 Å². The van der Waals surface area contributed by atoms with Gasteiger partial charge < -0.3 is 15.5 Å². The van der Waals surface area contributed by atoms with E-state index in [9.17, 15) is 14.4 Å². The minimum atomic E-state index is -0.128.